The van der Waals surface area contributed by atoms with E-state index < -0.39 is 6.09 Å². The number of amides is 1. The van der Waals surface area contributed by atoms with Crippen LogP contribution in [0.1, 0.15) is 35.3 Å². The second kappa shape index (κ2) is 8.67. The topological polar surface area (TPSA) is 46.6 Å². The average molecular weight is 423 g/mol. The molecule has 0 aliphatic rings. The molecule has 0 aliphatic carbocycles. The highest BCUT2D eigenvalue weighted by Crippen LogP contribution is 2.29. The number of hydrogen-bond donors (Lipinski definition) is 0. The Labute approximate surface area is 149 Å². The van der Waals surface area contributed by atoms with Gasteiger partial charge in [-0.3, -0.25) is 4.79 Å². The fourth-order valence-corrected chi connectivity index (χ4v) is 2.89. The molecule has 1 amide bonds. The van der Waals surface area contributed by atoms with Gasteiger partial charge in [0.25, 0.3) is 0 Å². The van der Waals surface area contributed by atoms with E-state index in [1.54, 1.807) is 19.1 Å². The Balaban J connectivity index is 2.23. The standard InChI is InChI=1S/C18H18INO3/c1-2-23-18(22)20(19)16(14-9-5-3-6-10-14)13-17(21)15-11-7-4-8-12-15/h3-12,16H,2,13H2,1H3. The molecule has 0 radical (unpaired) electrons. The van der Waals surface area contributed by atoms with Crippen LogP contribution < -0.4 is 0 Å². The van der Waals surface area contributed by atoms with Gasteiger partial charge in [-0.15, -0.1) is 0 Å². The van der Waals surface area contributed by atoms with Gasteiger partial charge < -0.3 is 4.74 Å². The Kier molecular flexibility index (Phi) is 6.58. The first-order chi connectivity index (χ1) is 11.1. The molecule has 2 rings (SSSR count). The van der Waals surface area contributed by atoms with Crippen LogP contribution in [0.4, 0.5) is 4.79 Å². The molecule has 0 saturated heterocycles. The summed E-state index contributed by atoms with van der Waals surface area (Å²) in [5.41, 5.74) is 1.54. The third kappa shape index (κ3) is 4.79. The van der Waals surface area contributed by atoms with Crippen LogP contribution in [0.5, 0.6) is 0 Å². The van der Waals surface area contributed by atoms with Crippen molar-refractivity contribution in [1.82, 2.24) is 3.11 Å². The van der Waals surface area contributed by atoms with Crippen LogP contribution in [0.15, 0.2) is 60.7 Å². The maximum Gasteiger partial charge on any atom is 0.419 e. The zero-order valence-corrected chi connectivity index (χ0v) is 15.0. The van der Waals surface area contributed by atoms with Crippen molar-refractivity contribution in [2.75, 3.05) is 6.61 Å². The molecule has 1 unspecified atom stereocenters. The largest absolute Gasteiger partial charge is 0.449 e. The molecule has 2 aromatic rings. The molecule has 0 N–H and O–H groups in total. The number of nitrogens with zero attached hydrogens (tertiary/aromatic N) is 1. The quantitative estimate of drug-likeness (QED) is 0.381. The minimum Gasteiger partial charge on any atom is -0.449 e. The van der Waals surface area contributed by atoms with Crippen molar-refractivity contribution in [3.8, 4) is 0 Å². The van der Waals surface area contributed by atoms with Crippen LogP contribution >= 0.6 is 22.9 Å². The second-order valence-corrected chi connectivity index (χ2v) is 5.97. The molecule has 0 heterocycles. The van der Waals surface area contributed by atoms with E-state index in [0.29, 0.717) is 12.2 Å². The highest BCUT2D eigenvalue weighted by Gasteiger charge is 2.27. The van der Waals surface area contributed by atoms with Gasteiger partial charge in [0.2, 0.25) is 0 Å². The lowest BCUT2D eigenvalue weighted by Crippen LogP contribution is -2.28. The molecule has 23 heavy (non-hydrogen) atoms. The maximum absolute atomic E-state index is 12.5. The van der Waals surface area contributed by atoms with Gasteiger partial charge >= 0.3 is 6.09 Å². The summed E-state index contributed by atoms with van der Waals surface area (Å²) in [6.45, 7) is 2.06. The van der Waals surface area contributed by atoms with E-state index in [1.807, 2.05) is 71.4 Å². The molecule has 0 fully saturated rings. The molecule has 1 atom stereocenters. The van der Waals surface area contributed by atoms with E-state index in [-0.39, 0.29) is 18.2 Å². The van der Waals surface area contributed by atoms with E-state index >= 15 is 0 Å². The van der Waals surface area contributed by atoms with Crippen molar-refractivity contribution < 1.29 is 14.3 Å². The van der Waals surface area contributed by atoms with Crippen molar-refractivity contribution in [3.05, 3.63) is 71.8 Å². The average Bonchev–Trinajstić information content (AvgIpc) is 2.60. The predicted molar refractivity (Wildman–Crippen MR) is 97.5 cm³/mol. The number of carbonyl (C=O) groups excluding carboxylic acids is 2. The molecule has 0 spiro atoms. The zero-order chi connectivity index (χ0) is 16.7. The molecule has 120 valence electrons. The first kappa shape index (κ1) is 17.5. The van der Waals surface area contributed by atoms with E-state index in [4.69, 9.17) is 4.74 Å². The zero-order valence-electron chi connectivity index (χ0n) is 12.8. The number of benzene rings is 2. The molecule has 2 aromatic carbocycles. The maximum atomic E-state index is 12.5. The molecular formula is C18H18INO3. The van der Waals surface area contributed by atoms with Crippen LogP contribution in [0.3, 0.4) is 0 Å². The molecule has 0 saturated carbocycles. The summed E-state index contributed by atoms with van der Waals surface area (Å²) in [7, 11) is 0. The Morgan fingerprint density at radius 1 is 1.04 bits per heavy atom. The van der Waals surface area contributed by atoms with E-state index in [0.717, 1.165) is 5.56 Å². The summed E-state index contributed by atoms with van der Waals surface area (Å²) < 4.78 is 6.52. The lowest BCUT2D eigenvalue weighted by atomic mass is 9.98. The SMILES string of the molecule is CCOC(=O)N(I)C(CC(=O)c1ccccc1)c1ccccc1. The highest BCUT2D eigenvalue weighted by atomic mass is 127. The first-order valence-corrected chi connectivity index (χ1v) is 8.35. The normalized spacial score (nSPS) is 11.6. The number of carbonyl (C=O) groups is 2. The third-order valence-electron chi connectivity index (χ3n) is 3.37. The number of halogens is 1. The third-order valence-corrected chi connectivity index (χ3v) is 4.44. The number of rotatable bonds is 6. The molecule has 5 heteroatoms. The molecular weight excluding hydrogens is 405 g/mol. The molecule has 0 aliphatic heterocycles. The van der Waals surface area contributed by atoms with Crippen molar-refractivity contribution in [2.45, 2.75) is 19.4 Å². The molecule has 0 bridgehead atoms. The van der Waals surface area contributed by atoms with Crippen LogP contribution in [0, 0.1) is 0 Å². The number of Topliss-reactive ketones (excluding diaryl/α,β-unsaturated/α-hetero) is 1. The van der Waals surface area contributed by atoms with Crippen molar-refractivity contribution in [2.24, 2.45) is 0 Å². The monoisotopic (exact) mass is 423 g/mol. The van der Waals surface area contributed by atoms with Crippen LogP contribution in [0.25, 0.3) is 0 Å². The van der Waals surface area contributed by atoms with Gasteiger partial charge in [0.05, 0.1) is 35.5 Å². The Morgan fingerprint density at radius 3 is 2.17 bits per heavy atom. The van der Waals surface area contributed by atoms with Crippen molar-refractivity contribution in [3.63, 3.8) is 0 Å². The van der Waals surface area contributed by atoms with Crippen LogP contribution in [0.2, 0.25) is 0 Å². The van der Waals surface area contributed by atoms with Crippen molar-refractivity contribution in [1.29, 1.82) is 0 Å². The van der Waals surface area contributed by atoms with Gasteiger partial charge in [-0.2, -0.15) is 0 Å². The first-order valence-electron chi connectivity index (χ1n) is 7.38. The van der Waals surface area contributed by atoms with Gasteiger partial charge in [0, 0.05) is 12.0 Å². The minimum atomic E-state index is -0.442. The number of ether oxygens (including phenoxy) is 1. The summed E-state index contributed by atoms with van der Waals surface area (Å²) in [6, 6.07) is 18.2. The number of hydrogen-bond acceptors (Lipinski definition) is 3. The highest BCUT2D eigenvalue weighted by molar-refractivity contribution is 14.1. The van der Waals surface area contributed by atoms with E-state index in [2.05, 4.69) is 0 Å². The minimum absolute atomic E-state index is 0.00887. The van der Waals surface area contributed by atoms with Gasteiger partial charge in [-0.1, -0.05) is 60.7 Å². The van der Waals surface area contributed by atoms with E-state index in [9.17, 15) is 9.59 Å². The summed E-state index contributed by atoms with van der Waals surface area (Å²) in [4.78, 5) is 24.6. The smallest absolute Gasteiger partial charge is 0.419 e. The fraction of sp³-hybridized carbons (Fsp3) is 0.222. The number of ketones is 1. The summed E-state index contributed by atoms with van der Waals surface area (Å²) in [5, 5.41) is 0. The van der Waals surface area contributed by atoms with Gasteiger partial charge in [-0.25, -0.2) is 7.91 Å². The molecule has 0 aromatic heterocycles. The van der Waals surface area contributed by atoms with Crippen LogP contribution in [-0.2, 0) is 4.74 Å². The van der Waals surface area contributed by atoms with Gasteiger partial charge in [-0.05, 0) is 12.5 Å². The summed E-state index contributed by atoms with van der Waals surface area (Å²) >= 11 is 1.92. The van der Waals surface area contributed by atoms with Crippen LogP contribution in [-0.4, -0.2) is 21.6 Å². The fourth-order valence-electron chi connectivity index (χ4n) is 2.23. The Morgan fingerprint density at radius 2 is 1.61 bits per heavy atom. The van der Waals surface area contributed by atoms with Gasteiger partial charge in [0.1, 0.15) is 0 Å². The summed E-state index contributed by atoms with van der Waals surface area (Å²) in [6.07, 6.45) is -0.238. The second-order valence-electron chi connectivity index (χ2n) is 4.93. The van der Waals surface area contributed by atoms with E-state index in [1.165, 1.54) is 3.11 Å². The van der Waals surface area contributed by atoms with Gasteiger partial charge in [0.15, 0.2) is 5.78 Å². The Bertz CT molecular complexity index is 646. The lowest BCUT2D eigenvalue weighted by Gasteiger charge is -2.25. The predicted octanol–water partition coefficient (Wildman–Crippen LogP) is 4.81. The molecule has 4 nitrogen and oxygen atoms in total. The lowest BCUT2D eigenvalue weighted by molar-refractivity contribution is 0.0944. The Hall–Kier alpha value is -1.89. The summed E-state index contributed by atoms with van der Waals surface area (Å²) in [5.74, 6) is -0.00887. The van der Waals surface area contributed by atoms with Crippen molar-refractivity contribution >= 4 is 34.7 Å².